The van der Waals surface area contributed by atoms with Crippen LogP contribution in [0.4, 0.5) is 5.69 Å². The normalized spacial score (nSPS) is 11.8. The molecular weight excluding hydrogens is 160 g/mol. The lowest BCUT2D eigenvalue weighted by Crippen LogP contribution is -2.27. The minimum atomic E-state index is -0.0823. The van der Waals surface area contributed by atoms with E-state index in [0.717, 1.165) is 5.69 Å². The molecule has 0 bridgehead atoms. The minimum absolute atomic E-state index is 0.0823. The third-order valence-electron chi connectivity index (χ3n) is 2.26. The van der Waals surface area contributed by atoms with E-state index in [0.29, 0.717) is 0 Å². The molecule has 68 valence electrons. The number of hydrogen-bond donors (Lipinski definition) is 0. The first kappa shape index (κ1) is 9.60. The van der Waals surface area contributed by atoms with Crippen molar-refractivity contribution < 1.29 is 0 Å². The third kappa shape index (κ3) is 2.00. The van der Waals surface area contributed by atoms with Crippen molar-refractivity contribution in [1.82, 2.24) is 0 Å². The van der Waals surface area contributed by atoms with E-state index in [-0.39, 0.29) is 6.04 Å². The second-order valence-electron chi connectivity index (χ2n) is 3.20. The average Bonchev–Trinajstić information content (AvgIpc) is 2.16. The molecule has 1 atom stereocenters. The number of aryl methyl sites for hydroxylation is 1. The Balaban J connectivity index is 2.96. The summed E-state index contributed by atoms with van der Waals surface area (Å²) in [5.41, 5.74) is 2.32. The van der Waals surface area contributed by atoms with Crippen molar-refractivity contribution in [3.63, 3.8) is 0 Å². The van der Waals surface area contributed by atoms with Gasteiger partial charge in [-0.15, -0.1) is 0 Å². The Morgan fingerprint density at radius 3 is 2.54 bits per heavy atom. The fourth-order valence-corrected chi connectivity index (χ4v) is 1.25. The first-order valence-corrected chi connectivity index (χ1v) is 4.35. The molecule has 0 aromatic heterocycles. The molecular formula is C11H14N2. The summed E-state index contributed by atoms with van der Waals surface area (Å²) < 4.78 is 0. The van der Waals surface area contributed by atoms with Gasteiger partial charge in [-0.2, -0.15) is 5.26 Å². The lowest BCUT2D eigenvalue weighted by molar-refractivity contribution is 0.832. The van der Waals surface area contributed by atoms with E-state index in [9.17, 15) is 0 Å². The van der Waals surface area contributed by atoms with Crippen molar-refractivity contribution in [2.75, 3.05) is 11.9 Å². The van der Waals surface area contributed by atoms with Crippen LogP contribution in [-0.4, -0.2) is 13.1 Å². The molecule has 0 fully saturated rings. The maximum absolute atomic E-state index is 8.77. The van der Waals surface area contributed by atoms with Gasteiger partial charge in [-0.25, -0.2) is 0 Å². The highest BCUT2D eigenvalue weighted by molar-refractivity contribution is 5.53. The maximum atomic E-state index is 8.77. The quantitative estimate of drug-likeness (QED) is 0.688. The summed E-state index contributed by atoms with van der Waals surface area (Å²) in [6.45, 7) is 3.95. The average molecular weight is 174 g/mol. The zero-order valence-electron chi connectivity index (χ0n) is 8.28. The number of para-hydroxylation sites is 1. The van der Waals surface area contributed by atoms with E-state index >= 15 is 0 Å². The van der Waals surface area contributed by atoms with Gasteiger partial charge in [0.2, 0.25) is 0 Å². The Hall–Kier alpha value is -1.49. The first-order valence-electron chi connectivity index (χ1n) is 4.35. The molecule has 0 aliphatic rings. The largest absolute Gasteiger partial charge is 0.359 e. The van der Waals surface area contributed by atoms with E-state index in [1.165, 1.54) is 5.56 Å². The highest BCUT2D eigenvalue weighted by atomic mass is 15.1. The van der Waals surface area contributed by atoms with E-state index in [1.54, 1.807) is 0 Å². The van der Waals surface area contributed by atoms with Gasteiger partial charge in [0, 0.05) is 12.7 Å². The van der Waals surface area contributed by atoms with Gasteiger partial charge >= 0.3 is 0 Å². The molecule has 0 radical (unpaired) electrons. The standard InChI is InChI=1S/C11H14N2/c1-9-6-4-5-7-11(9)13(3)10(2)8-12/h4-7,10H,1-3H3. The SMILES string of the molecule is Cc1ccccc1N(C)C(C)C#N. The molecule has 0 spiro atoms. The molecule has 1 rings (SSSR count). The fourth-order valence-electron chi connectivity index (χ4n) is 1.25. The van der Waals surface area contributed by atoms with Gasteiger partial charge in [0.25, 0.3) is 0 Å². The zero-order chi connectivity index (χ0) is 9.84. The van der Waals surface area contributed by atoms with E-state index in [1.807, 2.05) is 37.1 Å². The molecule has 0 N–H and O–H groups in total. The summed E-state index contributed by atoms with van der Waals surface area (Å²) in [6.07, 6.45) is 0. The maximum Gasteiger partial charge on any atom is 0.113 e. The Bertz CT molecular complexity index is 325. The number of hydrogen-bond acceptors (Lipinski definition) is 2. The Kier molecular flexibility index (Phi) is 2.92. The summed E-state index contributed by atoms with van der Waals surface area (Å²) in [4.78, 5) is 1.98. The predicted octanol–water partition coefficient (Wildman–Crippen LogP) is 2.34. The van der Waals surface area contributed by atoms with E-state index in [4.69, 9.17) is 5.26 Å². The van der Waals surface area contributed by atoms with Gasteiger partial charge in [-0.05, 0) is 25.5 Å². The molecule has 0 amide bonds. The van der Waals surface area contributed by atoms with Crippen molar-refractivity contribution >= 4 is 5.69 Å². The first-order chi connectivity index (χ1) is 6.16. The van der Waals surface area contributed by atoms with Crippen LogP contribution in [0.5, 0.6) is 0 Å². The van der Waals surface area contributed by atoms with Crippen LogP contribution in [0.1, 0.15) is 12.5 Å². The number of rotatable bonds is 2. The molecule has 1 aromatic carbocycles. The molecule has 1 unspecified atom stereocenters. The number of benzene rings is 1. The summed E-state index contributed by atoms with van der Waals surface area (Å²) in [5.74, 6) is 0. The van der Waals surface area contributed by atoms with Crippen LogP contribution in [0.2, 0.25) is 0 Å². The predicted molar refractivity (Wildman–Crippen MR) is 54.7 cm³/mol. The van der Waals surface area contributed by atoms with Crippen molar-refractivity contribution in [2.45, 2.75) is 19.9 Å². The smallest absolute Gasteiger partial charge is 0.113 e. The molecule has 0 saturated heterocycles. The molecule has 2 nitrogen and oxygen atoms in total. The van der Waals surface area contributed by atoms with Crippen LogP contribution in [-0.2, 0) is 0 Å². The van der Waals surface area contributed by atoms with Crippen molar-refractivity contribution in [3.8, 4) is 6.07 Å². The molecule has 1 aromatic rings. The number of anilines is 1. The highest BCUT2D eigenvalue weighted by Gasteiger charge is 2.09. The van der Waals surface area contributed by atoms with E-state index < -0.39 is 0 Å². The van der Waals surface area contributed by atoms with Crippen molar-refractivity contribution in [1.29, 1.82) is 5.26 Å². The summed E-state index contributed by atoms with van der Waals surface area (Å²) >= 11 is 0. The van der Waals surface area contributed by atoms with Gasteiger partial charge in [0.1, 0.15) is 6.04 Å². The van der Waals surface area contributed by atoms with Crippen LogP contribution in [0.3, 0.4) is 0 Å². The highest BCUT2D eigenvalue weighted by Crippen LogP contribution is 2.19. The Morgan fingerprint density at radius 1 is 1.38 bits per heavy atom. The minimum Gasteiger partial charge on any atom is -0.359 e. The van der Waals surface area contributed by atoms with Crippen molar-refractivity contribution in [2.24, 2.45) is 0 Å². The van der Waals surface area contributed by atoms with Crippen LogP contribution in [0.25, 0.3) is 0 Å². The Labute approximate surface area is 79.4 Å². The van der Waals surface area contributed by atoms with Crippen molar-refractivity contribution in [3.05, 3.63) is 29.8 Å². The molecule has 0 aliphatic carbocycles. The molecule has 0 heterocycles. The van der Waals surface area contributed by atoms with Gasteiger partial charge in [0.05, 0.1) is 6.07 Å². The van der Waals surface area contributed by atoms with Crippen LogP contribution >= 0.6 is 0 Å². The van der Waals surface area contributed by atoms with E-state index in [2.05, 4.69) is 19.1 Å². The van der Waals surface area contributed by atoms with Crippen LogP contribution in [0, 0.1) is 18.3 Å². The van der Waals surface area contributed by atoms with Crippen LogP contribution < -0.4 is 4.90 Å². The molecule has 0 aliphatic heterocycles. The summed E-state index contributed by atoms with van der Waals surface area (Å²) in [5, 5.41) is 8.77. The lowest BCUT2D eigenvalue weighted by Gasteiger charge is -2.23. The molecule has 13 heavy (non-hydrogen) atoms. The van der Waals surface area contributed by atoms with Gasteiger partial charge in [-0.1, -0.05) is 18.2 Å². The van der Waals surface area contributed by atoms with Crippen LogP contribution in [0.15, 0.2) is 24.3 Å². The number of nitriles is 1. The summed E-state index contributed by atoms with van der Waals surface area (Å²) in [6, 6.07) is 10.2. The molecule has 2 heteroatoms. The topological polar surface area (TPSA) is 27.0 Å². The molecule has 0 saturated carbocycles. The summed E-state index contributed by atoms with van der Waals surface area (Å²) in [7, 11) is 1.94. The third-order valence-corrected chi connectivity index (χ3v) is 2.26. The zero-order valence-corrected chi connectivity index (χ0v) is 8.28. The van der Waals surface area contributed by atoms with Gasteiger partial charge < -0.3 is 4.90 Å². The number of nitrogens with zero attached hydrogens (tertiary/aromatic N) is 2. The monoisotopic (exact) mass is 174 g/mol. The lowest BCUT2D eigenvalue weighted by atomic mass is 10.1. The second-order valence-corrected chi connectivity index (χ2v) is 3.20. The van der Waals surface area contributed by atoms with Gasteiger partial charge in [-0.3, -0.25) is 0 Å². The second kappa shape index (κ2) is 3.95. The Morgan fingerprint density at radius 2 is 2.00 bits per heavy atom. The van der Waals surface area contributed by atoms with Gasteiger partial charge in [0.15, 0.2) is 0 Å². The fraction of sp³-hybridized carbons (Fsp3) is 0.364.